The molecular weight excluding hydrogens is 186 g/mol. The molecule has 0 radical (unpaired) electrons. The molecule has 0 amide bonds. The van der Waals surface area contributed by atoms with Gasteiger partial charge in [0.15, 0.2) is 0 Å². The Bertz CT molecular complexity index is 259. The molecule has 1 unspecified atom stereocenters. The zero-order valence-corrected chi connectivity index (χ0v) is 9.61. The van der Waals surface area contributed by atoms with Gasteiger partial charge < -0.3 is 0 Å². The van der Waals surface area contributed by atoms with E-state index in [9.17, 15) is 0 Å². The van der Waals surface area contributed by atoms with Crippen LogP contribution >= 0.6 is 0 Å². The molecule has 3 heteroatoms. The molecule has 1 aromatic heterocycles. The van der Waals surface area contributed by atoms with Crippen molar-refractivity contribution in [2.45, 2.75) is 39.2 Å². The molecular formula is C12H21N3. The highest BCUT2D eigenvalue weighted by Crippen LogP contribution is 2.18. The molecule has 1 heterocycles. The summed E-state index contributed by atoms with van der Waals surface area (Å²) in [5.74, 6) is 6.31. The van der Waals surface area contributed by atoms with Gasteiger partial charge in [0.05, 0.1) is 0 Å². The molecule has 0 fully saturated rings. The van der Waals surface area contributed by atoms with Gasteiger partial charge in [-0.2, -0.15) is 0 Å². The third kappa shape index (κ3) is 4.40. The Kier molecular flexibility index (Phi) is 5.29. The van der Waals surface area contributed by atoms with Gasteiger partial charge in [0.1, 0.15) is 0 Å². The summed E-state index contributed by atoms with van der Waals surface area (Å²) in [6, 6.07) is 4.24. The highest BCUT2D eigenvalue weighted by molar-refractivity contribution is 5.13. The number of hydrogen-bond donors (Lipinski definition) is 2. The van der Waals surface area contributed by atoms with Gasteiger partial charge in [-0.15, -0.1) is 0 Å². The van der Waals surface area contributed by atoms with Gasteiger partial charge in [-0.05, 0) is 24.0 Å². The lowest BCUT2D eigenvalue weighted by Crippen LogP contribution is -2.28. The van der Waals surface area contributed by atoms with E-state index >= 15 is 0 Å². The second-order valence-corrected chi connectivity index (χ2v) is 4.33. The first-order valence-corrected chi connectivity index (χ1v) is 5.60. The highest BCUT2D eigenvalue weighted by Gasteiger charge is 2.09. The van der Waals surface area contributed by atoms with Crippen LogP contribution in [0.5, 0.6) is 0 Å². The van der Waals surface area contributed by atoms with Crippen LogP contribution in [0.1, 0.15) is 44.7 Å². The monoisotopic (exact) mass is 207 g/mol. The summed E-state index contributed by atoms with van der Waals surface area (Å²) in [4.78, 5) is 4.10. The van der Waals surface area contributed by atoms with Crippen LogP contribution in [0, 0.1) is 5.92 Å². The van der Waals surface area contributed by atoms with Crippen molar-refractivity contribution in [1.29, 1.82) is 0 Å². The van der Waals surface area contributed by atoms with Gasteiger partial charge in [0, 0.05) is 18.4 Å². The molecule has 0 saturated heterocycles. The van der Waals surface area contributed by atoms with Crippen molar-refractivity contribution in [1.82, 2.24) is 10.4 Å². The number of nitrogens with zero attached hydrogens (tertiary/aromatic N) is 1. The third-order valence-corrected chi connectivity index (χ3v) is 2.56. The molecule has 0 aliphatic rings. The number of rotatable bonds is 6. The SMILES string of the molecule is CC(C)CCCC(NN)c1cccnc1. The summed E-state index contributed by atoms with van der Waals surface area (Å²) in [7, 11) is 0. The Balaban J connectivity index is 2.43. The summed E-state index contributed by atoms with van der Waals surface area (Å²) in [6.45, 7) is 4.49. The van der Waals surface area contributed by atoms with Crippen molar-refractivity contribution in [3.05, 3.63) is 30.1 Å². The van der Waals surface area contributed by atoms with E-state index in [0.717, 1.165) is 12.3 Å². The molecule has 84 valence electrons. The number of hydrogen-bond acceptors (Lipinski definition) is 3. The zero-order chi connectivity index (χ0) is 11.1. The van der Waals surface area contributed by atoms with Crippen LogP contribution in [-0.4, -0.2) is 4.98 Å². The van der Waals surface area contributed by atoms with Gasteiger partial charge in [-0.3, -0.25) is 16.3 Å². The van der Waals surface area contributed by atoms with Gasteiger partial charge in [-0.1, -0.05) is 32.8 Å². The molecule has 0 aromatic carbocycles. The van der Waals surface area contributed by atoms with E-state index in [1.165, 1.54) is 18.4 Å². The summed E-state index contributed by atoms with van der Waals surface area (Å²) < 4.78 is 0. The van der Waals surface area contributed by atoms with Gasteiger partial charge >= 0.3 is 0 Å². The van der Waals surface area contributed by atoms with Crippen LogP contribution in [-0.2, 0) is 0 Å². The van der Waals surface area contributed by atoms with Gasteiger partial charge in [0.25, 0.3) is 0 Å². The smallest absolute Gasteiger partial charge is 0.0475 e. The standard InChI is InChI=1S/C12H21N3/c1-10(2)5-3-7-12(15-13)11-6-4-8-14-9-11/h4,6,8-10,12,15H,3,5,7,13H2,1-2H3. The van der Waals surface area contributed by atoms with Crippen LogP contribution in [0.15, 0.2) is 24.5 Å². The van der Waals surface area contributed by atoms with Crippen molar-refractivity contribution in [2.75, 3.05) is 0 Å². The van der Waals surface area contributed by atoms with Crippen LogP contribution in [0.2, 0.25) is 0 Å². The molecule has 0 aliphatic heterocycles. The van der Waals surface area contributed by atoms with Crippen molar-refractivity contribution >= 4 is 0 Å². The van der Waals surface area contributed by atoms with Crippen LogP contribution in [0.4, 0.5) is 0 Å². The van der Waals surface area contributed by atoms with Crippen LogP contribution < -0.4 is 11.3 Å². The predicted octanol–water partition coefficient (Wildman–Crippen LogP) is 2.41. The maximum absolute atomic E-state index is 5.54. The summed E-state index contributed by atoms with van der Waals surface area (Å²) in [6.07, 6.45) is 7.17. The maximum atomic E-state index is 5.54. The molecule has 1 aromatic rings. The second kappa shape index (κ2) is 6.53. The zero-order valence-electron chi connectivity index (χ0n) is 9.61. The van der Waals surface area contributed by atoms with E-state index in [1.54, 1.807) is 6.20 Å². The van der Waals surface area contributed by atoms with Gasteiger partial charge in [0.2, 0.25) is 0 Å². The Morgan fingerprint density at radius 1 is 1.40 bits per heavy atom. The molecule has 0 bridgehead atoms. The van der Waals surface area contributed by atoms with Crippen molar-refractivity contribution in [3.8, 4) is 0 Å². The highest BCUT2D eigenvalue weighted by atomic mass is 15.2. The first-order valence-electron chi connectivity index (χ1n) is 5.60. The van der Waals surface area contributed by atoms with E-state index in [4.69, 9.17) is 5.84 Å². The lowest BCUT2D eigenvalue weighted by atomic mass is 10.00. The Labute approximate surface area is 92.1 Å². The molecule has 3 nitrogen and oxygen atoms in total. The number of aromatic nitrogens is 1. The van der Waals surface area contributed by atoms with Crippen molar-refractivity contribution in [2.24, 2.45) is 11.8 Å². The summed E-state index contributed by atoms with van der Waals surface area (Å²) in [5, 5.41) is 0. The molecule has 0 spiro atoms. The molecule has 1 rings (SSSR count). The summed E-state index contributed by atoms with van der Waals surface area (Å²) >= 11 is 0. The molecule has 1 atom stereocenters. The summed E-state index contributed by atoms with van der Waals surface area (Å²) in [5.41, 5.74) is 4.02. The van der Waals surface area contributed by atoms with Crippen molar-refractivity contribution in [3.63, 3.8) is 0 Å². The Morgan fingerprint density at radius 2 is 2.20 bits per heavy atom. The largest absolute Gasteiger partial charge is 0.271 e. The fourth-order valence-corrected chi connectivity index (χ4v) is 1.66. The molecule has 15 heavy (non-hydrogen) atoms. The fourth-order valence-electron chi connectivity index (χ4n) is 1.66. The van der Waals surface area contributed by atoms with E-state index in [1.807, 2.05) is 12.3 Å². The van der Waals surface area contributed by atoms with E-state index < -0.39 is 0 Å². The number of hydrazine groups is 1. The first-order chi connectivity index (χ1) is 7.24. The predicted molar refractivity (Wildman–Crippen MR) is 63.0 cm³/mol. The lowest BCUT2D eigenvalue weighted by Gasteiger charge is -2.16. The fraction of sp³-hybridized carbons (Fsp3) is 0.583. The average Bonchev–Trinajstić information content (AvgIpc) is 2.25. The maximum Gasteiger partial charge on any atom is 0.0475 e. The topological polar surface area (TPSA) is 50.9 Å². The average molecular weight is 207 g/mol. The quantitative estimate of drug-likeness (QED) is 0.556. The minimum atomic E-state index is 0.234. The first kappa shape index (κ1) is 12.1. The van der Waals surface area contributed by atoms with Crippen molar-refractivity contribution < 1.29 is 0 Å². The molecule has 0 saturated carbocycles. The minimum absolute atomic E-state index is 0.234. The van der Waals surface area contributed by atoms with Gasteiger partial charge in [-0.25, -0.2) is 0 Å². The normalized spacial score (nSPS) is 13.1. The second-order valence-electron chi connectivity index (χ2n) is 4.33. The molecule has 3 N–H and O–H groups in total. The van der Waals surface area contributed by atoms with E-state index in [0.29, 0.717) is 0 Å². The van der Waals surface area contributed by atoms with Crippen LogP contribution in [0.3, 0.4) is 0 Å². The van der Waals surface area contributed by atoms with Crippen LogP contribution in [0.25, 0.3) is 0 Å². The third-order valence-electron chi connectivity index (χ3n) is 2.56. The Morgan fingerprint density at radius 3 is 2.73 bits per heavy atom. The number of pyridine rings is 1. The Hall–Kier alpha value is -0.930. The minimum Gasteiger partial charge on any atom is -0.271 e. The van der Waals surface area contributed by atoms with E-state index in [2.05, 4.69) is 30.3 Å². The van der Waals surface area contributed by atoms with E-state index in [-0.39, 0.29) is 6.04 Å². The lowest BCUT2D eigenvalue weighted by molar-refractivity contribution is 0.454. The number of nitrogens with one attached hydrogen (secondary N) is 1. The molecule has 0 aliphatic carbocycles. The number of nitrogens with two attached hydrogens (primary N) is 1.